The number of hydroxylamine groups is 1. The van der Waals surface area contributed by atoms with Gasteiger partial charge >= 0.3 is 0 Å². The first-order chi connectivity index (χ1) is 11.6. The van der Waals surface area contributed by atoms with Crippen LogP contribution in [0.1, 0.15) is 11.1 Å². The maximum atomic E-state index is 12.9. The molecule has 0 saturated carbocycles. The maximum absolute atomic E-state index is 12.9. The number of nitrogens with zero attached hydrogens (tertiary/aromatic N) is 1. The van der Waals surface area contributed by atoms with Crippen LogP contribution in [0.5, 0.6) is 0 Å². The van der Waals surface area contributed by atoms with Crippen LogP contribution in [-0.2, 0) is 14.4 Å². The number of aryl methyl sites for hydroxylation is 1. The molecule has 2 aliphatic rings. The fourth-order valence-electron chi connectivity index (χ4n) is 2.97. The van der Waals surface area contributed by atoms with Crippen LogP contribution in [-0.4, -0.2) is 17.9 Å². The van der Waals surface area contributed by atoms with E-state index in [0.717, 1.165) is 11.1 Å². The van der Waals surface area contributed by atoms with E-state index in [1.807, 2.05) is 19.1 Å². The summed E-state index contributed by atoms with van der Waals surface area (Å²) in [6.07, 6.45) is -0.928. The number of benzene rings is 2. The molecule has 4 rings (SSSR count). The second-order valence-corrected chi connectivity index (χ2v) is 6.10. The third-order valence-electron chi connectivity index (χ3n) is 4.18. The lowest BCUT2D eigenvalue weighted by molar-refractivity contribution is -0.127. The first kappa shape index (κ1) is 14.9. The second-order valence-electron chi connectivity index (χ2n) is 5.66. The van der Waals surface area contributed by atoms with Gasteiger partial charge in [-0.25, -0.2) is 4.90 Å². The minimum Gasteiger partial charge on any atom is -0.270 e. The van der Waals surface area contributed by atoms with E-state index in [-0.39, 0.29) is 11.8 Å². The van der Waals surface area contributed by atoms with Gasteiger partial charge in [-0.2, -0.15) is 0 Å². The molecule has 2 aromatic rings. The number of anilines is 1. The Bertz CT molecular complexity index is 889. The van der Waals surface area contributed by atoms with Crippen LogP contribution in [0.4, 0.5) is 5.69 Å². The van der Waals surface area contributed by atoms with Crippen molar-refractivity contribution < 1.29 is 14.4 Å². The van der Waals surface area contributed by atoms with Gasteiger partial charge in [0.1, 0.15) is 0 Å². The molecule has 0 radical (unpaired) electrons. The lowest BCUT2D eigenvalue weighted by Crippen LogP contribution is -2.34. The van der Waals surface area contributed by atoms with Gasteiger partial charge in [0.2, 0.25) is 0 Å². The van der Waals surface area contributed by atoms with Gasteiger partial charge in [0.05, 0.1) is 17.0 Å². The van der Waals surface area contributed by atoms with Crippen molar-refractivity contribution in [3.05, 3.63) is 70.3 Å². The number of para-hydroxylation sites is 1. The first-order valence-electron chi connectivity index (χ1n) is 7.43. The Morgan fingerprint density at radius 2 is 1.79 bits per heavy atom. The van der Waals surface area contributed by atoms with Crippen molar-refractivity contribution in [1.82, 2.24) is 5.48 Å². The first-order valence-corrected chi connectivity index (χ1v) is 7.81. The summed E-state index contributed by atoms with van der Waals surface area (Å²) in [5.74, 6) is -0.755. The number of carbonyl (C=O) groups is 2. The number of hydrogen-bond acceptors (Lipinski definition) is 4. The number of halogens is 1. The fourth-order valence-corrected chi connectivity index (χ4v) is 3.09. The number of carbonyl (C=O) groups excluding carboxylic acids is 2. The molecule has 24 heavy (non-hydrogen) atoms. The zero-order valence-corrected chi connectivity index (χ0v) is 13.5. The van der Waals surface area contributed by atoms with Crippen molar-refractivity contribution in [2.75, 3.05) is 4.90 Å². The molecule has 1 N–H and O–H groups in total. The topological polar surface area (TPSA) is 58.6 Å². The summed E-state index contributed by atoms with van der Waals surface area (Å²) < 4.78 is 0. The highest BCUT2D eigenvalue weighted by Crippen LogP contribution is 2.36. The zero-order valence-electron chi connectivity index (χ0n) is 12.7. The Labute approximate surface area is 143 Å². The summed E-state index contributed by atoms with van der Waals surface area (Å²) in [5, 5.41) is 0.593. The minimum absolute atomic E-state index is 0.325. The van der Waals surface area contributed by atoms with Crippen molar-refractivity contribution in [3.63, 3.8) is 0 Å². The molecule has 2 aromatic carbocycles. The average molecular weight is 341 g/mol. The number of rotatable bonds is 2. The predicted molar refractivity (Wildman–Crippen MR) is 90.1 cm³/mol. The van der Waals surface area contributed by atoms with Crippen molar-refractivity contribution in [2.24, 2.45) is 0 Å². The van der Waals surface area contributed by atoms with Gasteiger partial charge in [-0.15, -0.1) is 0 Å². The molecule has 2 aliphatic heterocycles. The molecule has 2 amide bonds. The van der Waals surface area contributed by atoms with E-state index in [4.69, 9.17) is 16.4 Å². The van der Waals surface area contributed by atoms with E-state index < -0.39 is 6.10 Å². The second kappa shape index (κ2) is 5.47. The summed E-state index contributed by atoms with van der Waals surface area (Å²) in [7, 11) is 0. The van der Waals surface area contributed by atoms with E-state index in [0.29, 0.717) is 22.0 Å². The summed E-state index contributed by atoms with van der Waals surface area (Å²) in [5.41, 5.74) is 5.71. The van der Waals surface area contributed by atoms with Gasteiger partial charge in [-0.3, -0.25) is 19.9 Å². The molecule has 0 aromatic heterocycles. The number of imide groups is 1. The van der Waals surface area contributed by atoms with Crippen LogP contribution < -0.4 is 10.4 Å². The van der Waals surface area contributed by atoms with Gasteiger partial charge in [-0.05, 0) is 30.7 Å². The summed E-state index contributed by atoms with van der Waals surface area (Å²) in [6.45, 7) is 1.86. The highest BCUT2D eigenvalue weighted by molar-refractivity contribution is 6.33. The maximum Gasteiger partial charge on any atom is 0.270 e. The molecule has 1 atom stereocenters. The molecular weight excluding hydrogens is 328 g/mol. The van der Waals surface area contributed by atoms with Crippen LogP contribution in [0.15, 0.2) is 54.1 Å². The highest BCUT2D eigenvalue weighted by Gasteiger charge is 2.50. The lowest BCUT2D eigenvalue weighted by Gasteiger charge is -2.17. The van der Waals surface area contributed by atoms with Crippen LogP contribution >= 0.6 is 11.6 Å². The highest BCUT2D eigenvalue weighted by atomic mass is 35.5. The van der Waals surface area contributed by atoms with E-state index in [1.165, 1.54) is 4.90 Å². The Hall–Kier alpha value is -2.63. The molecule has 5 nitrogen and oxygen atoms in total. The van der Waals surface area contributed by atoms with Crippen molar-refractivity contribution in [1.29, 1.82) is 0 Å². The normalized spacial score (nSPS) is 19.8. The standard InChI is InChI=1S/C18H13ClN2O3/c1-10-4-2-3-5-13(10)21-17(22)14-15(20-24-16(14)18(21)23)11-6-8-12(19)9-7-11/h2-9,16,20H,1H3/t16-/m1/s1. The zero-order chi connectivity index (χ0) is 16.8. The minimum atomic E-state index is -0.928. The third-order valence-corrected chi connectivity index (χ3v) is 4.43. The number of nitrogens with one attached hydrogen (secondary N) is 1. The number of amides is 2. The van der Waals surface area contributed by atoms with Crippen LogP contribution in [0.2, 0.25) is 5.02 Å². The molecule has 6 heteroatoms. The Balaban J connectivity index is 1.81. The van der Waals surface area contributed by atoms with E-state index in [1.54, 1.807) is 36.4 Å². The van der Waals surface area contributed by atoms with Gasteiger partial charge in [-0.1, -0.05) is 41.9 Å². The largest absolute Gasteiger partial charge is 0.270 e. The lowest BCUT2D eigenvalue weighted by atomic mass is 10.1. The SMILES string of the molecule is Cc1ccccc1N1C(=O)C2=C(c3ccc(Cl)cc3)NO[C@H]2C1=O. The Kier molecular flexibility index (Phi) is 3.40. The van der Waals surface area contributed by atoms with E-state index in [2.05, 4.69) is 5.48 Å². The Morgan fingerprint density at radius 1 is 1.08 bits per heavy atom. The third kappa shape index (κ3) is 2.13. The van der Waals surface area contributed by atoms with Crippen LogP contribution in [0.3, 0.4) is 0 Å². The number of fused-ring (bicyclic) bond motifs is 1. The molecule has 1 fully saturated rings. The molecule has 0 aliphatic carbocycles. The molecule has 0 spiro atoms. The van der Waals surface area contributed by atoms with Gasteiger partial charge in [0.25, 0.3) is 11.8 Å². The summed E-state index contributed by atoms with van der Waals surface area (Å²) >= 11 is 5.91. The van der Waals surface area contributed by atoms with E-state index >= 15 is 0 Å². The smallest absolute Gasteiger partial charge is 0.270 e. The van der Waals surface area contributed by atoms with Crippen molar-refractivity contribution >= 4 is 34.8 Å². The molecule has 0 unspecified atom stereocenters. The Morgan fingerprint density at radius 3 is 2.50 bits per heavy atom. The van der Waals surface area contributed by atoms with Crippen molar-refractivity contribution in [3.8, 4) is 0 Å². The van der Waals surface area contributed by atoms with Gasteiger partial charge in [0.15, 0.2) is 6.10 Å². The van der Waals surface area contributed by atoms with Crippen molar-refractivity contribution in [2.45, 2.75) is 13.0 Å². The average Bonchev–Trinajstić information content (AvgIpc) is 3.11. The molecular formula is C18H13ClN2O3. The molecule has 0 bridgehead atoms. The quantitative estimate of drug-likeness (QED) is 0.854. The molecule has 2 heterocycles. The fraction of sp³-hybridized carbons (Fsp3) is 0.111. The van der Waals surface area contributed by atoms with Gasteiger partial charge in [0, 0.05) is 10.6 Å². The molecule has 1 saturated heterocycles. The van der Waals surface area contributed by atoms with E-state index in [9.17, 15) is 9.59 Å². The summed E-state index contributed by atoms with van der Waals surface area (Å²) in [4.78, 5) is 32.1. The predicted octanol–water partition coefficient (Wildman–Crippen LogP) is 2.84. The van der Waals surface area contributed by atoms with Crippen LogP contribution in [0.25, 0.3) is 5.70 Å². The monoisotopic (exact) mass is 340 g/mol. The molecule has 120 valence electrons. The van der Waals surface area contributed by atoms with Gasteiger partial charge < -0.3 is 0 Å². The van der Waals surface area contributed by atoms with Crippen LogP contribution in [0, 0.1) is 6.92 Å². The summed E-state index contributed by atoms with van der Waals surface area (Å²) in [6, 6.07) is 14.3. The number of hydrogen-bond donors (Lipinski definition) is 1.